The average Bonchev–Trinajstić information content (AvgIpc) is 2.55. The van der Waals surface area contributed by atoms with Gasteiger partial charge in [-0.25, -0.2) is 4.39 Å². The van der Waals surface area contributed by atoms with Crippen molar-refractivity contribution >= 4 is 5.91 Å². The first-order chi connectivity index (χ1) is 10.7. The van der Waals surface area contributed by atoms with Gasteiger partial charge in [-0.3, -0.25) is 4.79 Å². The van der Waals surface area contributed by atoms with Gasteiger partial charge in [0, 0.05) is 13.0 Å². The van der Waals surface area contributed by atoms with Gasteiger partial charge in [0.05, 0.1) is 6.04 Å². The van der Waals surface area contributed by atoms with Crippen molar-refractivity contribution in [1.82, 2.24) is 5.32 Å². The number of benzene rings is 2. The highest BCUT2D eigenvalue weighted by Crippen LogP contribution is 2.16. The molecule has 0 aliphatic heterocycles. The van der Waals surface area contributed by atoms with Crippen LogP contribution in [0.4, 0.5) is 4.39 Å². The highest BCUT2D eigenvalue weighted by atomic mass is 19.1. The van der Waals surface area contributed by atoms with E-state index in [-0.39, 0.29) is 24.4 Å². The molecule has 3 nitrogen and oxygen atoms in total. The number of nitrogens with one attached hydrogen (secondary N) is 1. The molecule has 0 heterocycles. The van der Waals surface area contributed by atoms with Gasteiger partial charge < -0.3 is 10.4 Å². The lowest BCUT2D eigenvalue weighted by Crippen LogP contribution is -2.29. The molecule has 0 aromatic heterocycles. The highest BCUT2D eigenvalue weighted by Gasteiger charge is 2.13. The van der Waals surface area contributed by atoms with Crippen LogP contribution in [-0.4, -0.2) is 17.6 Å². The number of hydrogen-bond acceptors (Lipinski definition) is 2. The van der Waals surface area contributed by atoms with Gasteiger partial charge in [0.2, 0.25) is 5.91 Å². The van der Waals surface area contributed by atoms with Gasteiger partial charge >= 0.3 is 0 Å². The van der Waals surface area contributed by atoms with E-state index in [2.05, 4.69) is 5.32 Å². The van der Waals surface area contributed by atoms with Crippen molar-refractivity contribution in [3.8, 4) is 0 Å². The van der Waals surface area contributed by atoms with E-state index in [1.54, 1.807) is 12.1 Å². The number of amides is 1. The topological polar surface area (TPSA) is 49.3 Å². The van der Waals surface area contributed by atoms with Gasteiger partial charge in [0.1, 0.15) is 5.82 Å². The maximum atomic E-state index is 12.8. The summed E-state index contributed by atoms with van der Waals surface area (Å²) in [6, 6.07) is 15.6. The summed E-state index contributed by atoms with van der Waals surface area (Å²) in [5.74, 6) is -0.355. The number of aliphatic hydroxyl groups excluding tert-OH is 1. The van der Waals surface area contributed by atoms with Crippen molar-refractivity contribution in [1.29, 1.82) is 0 Å². The largest absolute Gasteiger partial charge is 0.396 e. The SMILES string of the molecule is O=C(CCc1ccc(F)cc1)NC(CCO)c1ccccc1. The van der Waals surface area contributed by atoms with E-state index in [9.17, 15) is 9.18 Å². The summed E-state index contributed by atoms with van der Waals surface area (Å²) in [5.41, 5.74) is 1.90. The molecule has 0 saturated heterocycles. The first-order valence-corrected chi connectivity index (χ1v) is 7.38. The van der Waals surface area contributed by atoms with Crippen molar-refractivity contribution in [2.24, 2.45) is 0 Å². The van der Waals surface area contributed by atoms with E-state index < -0.39 is 0 Å². The van der Waals surface area contributed by atoms with Crippen LogP contribution in [0.3, 0.4) is 0 Å². The molecule has 0 fully saturated rings. The van der Waals surface area contributed by atoms with Crippen molar-refractivity contribution in [3.63, 3.8) is 0 Å². The van der Waals surface area contributed by atoms with E-state index in [0.29, 0.717) is 19.3 Å². The third-order valence-electron chi connectivity index (χ3n) is 3.51. The molecule has 0 aliphatic rings. The van der Waals surface area contributed by atoms with E-state index in [0.717, 1.165) is 11.1 Å². The van der Waals surface area contributed by atoms with E-state index >= 15 is 0 Å². The molecule has 1 unspecified atom stereocenters. The van der Waals surface area contributed by atoms with Crippen LogP contribution in [0.25, 0.3) is 0 Å². The molecule has 116 valence electrons. The number of halogens is 1. The molecule has 0 aliphatic carbocycles. The molecule has 0 spiro atoms. The Morgan fingerprint density at radius 3 is 2.41 bits per heavy atom. The lowest BCUT2D eigenvalue weighted by atomic mass is 10.0. The minimum atomic E-state index is -0.278. The molecule has 2 aromatic carbocycles. The molecule has 22 heavy (non-hydrogen) atoms. The number of aryl methyl sites for hydroxylation is 1. The molecular formula is C18H20FNO2. The molecule has 2 aromatic rings. The number of hydrogen-bond donors (Lipinski definition) is 2. The summed E-state index contributed by atoms with van der Waals surface area (Å²) in [5, 5.41) is 12.1. The van der Waals surface area contributed by atoms with Gasteiger partial charge in [-0.15, -0.1) is 0 Å². The van der Waals surface area contributed by atoms with Gasteiger partial charge in [-0.1, -0.05) is 42.5 Å². The monoisotopic (exact) mass is 301 g/mol. The molecule has 1 atom stereocenters. The molecule has 0 radical (unpaired) electrons. The summed E-state index contributed by atoms with van der Waals surface area (Å²) >= 11 is 0. The minimum Gasteiger partial charge on any atom is -0.396 e. The second-order valence-corrected chi connectivity index (χ2v) is 5.17. The number of rotatable bonds is 7. The van der Waals surface area contributed by atoms with Crippen LogP contribution in [0.15, 0.2) is 54.6 Å². The summed E-state index contributed by atoms with van der Waals surface area (Å²) in [4.78, 5) is 12.1. The quantitative estimate of drug-likeness (QED) is 0.826. The first-order valence-electron chi connectivity index (χ1n) is 7.38. The zero-order valence-electron chi connectivity index (χ0n) is 12.3. The second-order valence-electron chi connectivity index (χ2n) is 5.17. The van der Waals surface area contributed by atoms with Crippen molar-refractivity contribution in [2.45, 2.75) is 25.3 Å². The Balaban J connectivity index is 1.89. The summed E-state index contributed by atoms with van der Waals surface area (Å²) in [6.07, 6.45) is 1.37. The Hall–Kier alpha value is -2.20. The smallest absolute Gasteiger partial charge is 0.220 e. The van der Waals surface area contributed by atoms with Gasteiger partial charge in [-0.2, -0.15) is 0 Å². The molecular weight excluding hydrogens is 281 g/mol. The van der Waals surface area contributed by atoms with E-state index in [4.69, 9.17) is 5.11 Å². The first kappa shape index (κ1) is 16.2. The Morgan fingerprint density at radius 1 is 1.09 bits per heavy atom. The standard InChI is InChI=1S/C18H20FNO2/c19-16-9-6-14(7-10-16)8-11-18(22)20-17(12-13-21)15-4-2-1-3-5-15/h1-7,9-10,17,21H,8,11-13H2,(H,20,22). The molecule has 0 saturated carbocycles. The lowest BCUT2D eigenvalue weighted by Gasteiger charge is -2.18. The number of carbonyl (C=O) groups excluding carboxylic acids is 1. The third-order valence-corrected chi connectivity index (χ3v) is 3.51. The van der Waals surface area contributed by atoms with Crippen molar-refractivity contribution in [2.75, 3.05) is 6.61 Å². The molecule has 1 amide bonds. The fourth-order valence-corrected chi connectivity index (χ4v) is 2.31. The predicted octanol–water partition coefficient (Wildman–Crippen LogP) is 3.00. The Kier molecular flexibility index (Phi) is 6.10. The minimum absolute atomic E-state index is 0.0117. The summed E-state index contributed by atoms with van der Waals surface area (Å²) in [7, 11) is 0. The van der Waals surface area contributed by atoms with Crippen LogP contribution in [0.2, 0.25) is 0 Å². The van der Waals surface area contributed by atoms with Gasteiger partial charge in [0.15, 0.2) is 0 Å². The maximum absolute atomic E-state index is 12.8. The number of aliphatic hydroxyl groups is 1. The van der Waals surface area contributed by atoms with E-state index in [1.165, 1.54) is 12.1 Å². The van der Waals surface area contributed by atoms with E-state index in [1.807, 2.05) is 30.3 Å². The highest BCUT2D eigenvalue weighted by molar-refractivity contribution is 5.76. The Bertz CT molecular complexity index is 584. The summed E-state index contributed by atoms with van der Waals surface area (Å²) < 4.78 is 12.8. The normalized spacial score (nSPS) is 11.9. The fraction of sp³-hybridized carbons (Fsp3) is 0.278. The van der Waals surface area contributed by atoms with Crippen LogP contribution >= 0.6 is 0 Å². The fourth-order valence-electron chi connectivity index (χ4n) is 2.31. The Labute approximate surface area is 129 Å². The predicted molar refractivity (Wildman–Crippen MR) is 83.7 cm³/mol. The Morgan fingerprint density at radius 2 is 1.77 bits per heavy atom. The van der Waals surface area contributed by atoms with Crippen molar-refractivity contribution < 1.29 is 14.3 Å². The van der Waals surface area contributed by atoms with Crippen molar-refractivity contribution in [3.05, 3.63) is 71.5 Å². The van der Waals surface area contributed by atoms with Crippen LogP contribution in [0, 0.1) is 5.82 Å². The van der Waals surface area contributed by atoms with Gasteiger partial charge in [-0.05, 0) is 36.1 Å². The van der Waals surface area contributed by atoms with Crippen LogP contribution in [-0.2, 0) is 11.2 Å². The van der Waals surface area contributed by atoms with Crippen LogP contribution in [0.1, 0.15) is 30.0 Å². The third kappa shape index (κ3) is 4.97. The van der Waals surface area contributed by atoms with Crippen LogP contribution < -0.4 is 5.32 Å². The van der Waals surface area contributed by atoms with Crippen LogP contribution in [0.5, 0.6) is 0 Å². The lowest BCUT2D eigenvalue weighted by molar-refractivity contribution is -0.121. The molecule has 0 bridgehead atoms. The average molecular weight is 301 g/mol. The van der Waals surface area contributed by atoms with Gasteiger partial charge in [0.25, 0.3) is 0 Å². The zero-order chi connectivity index (χ0) is 15.8. The number of carbonyl (C=O) groups is 1. The zero-order valence-corrected chi connectivity index (χ0v) is 12.3. The summed E-state index contributed by atoms with van der Waals surface area (Å²) in [6.45, 7) is 0.0117. The second kappa shape index (κ2) is 8.29. The molecule has 2 N–H and O–H groups in total. The molecule has 2 rings (SSSR count). The molecule has 4 heteroatoms. The maximum Gasteiger partial charge on any atom is 0.220 e.